The van der Waals surface area contributed by atoms with Crippen molar-refractivity contribution in [2.24, 2.45) is 5.16 Å². The Labute approximate surface area is 83.6 Å². The van der Waals surface area contributed by atoms with Gasteiger partial charge in [-0.25, -0.2) is 0 Å². The summed E-state index contributed by atoms with van der Waals surface area (Å²) in [5, 5.41) is 3.78. The van der Waals surface area contributed by atoms with Gasteiger partial charge in [-0.3, -0.25) is 0 Å². The second-order valence-corrected chi connectivity index (χ2v) is 2.54. The van der Waals surface area contributed by atoms with Crippen molar-refractivity contribution in [1.29, 1.82) is 0 Å². The zero-order valence-corrected chi connectivity index (χ0v) is 8.14. The monoisotopic (exact) mass is 191 g/mol. The zero-order chi connectivity index (χ0) is 10.2. The van der Waals surface area contributed by atoms with Crippen molar-refractivity contribution in [3.8, 4) is 0 Å². The van der Waals surface area contributed by atoms with E-state index in [1.165, 1.54) is 7.11 Å². The predicted octanol–water partition coefficient (Wildman–Crippen LogP) is 2.20. The van der Waals surface area contributed by atoms with E-state index < -0.39 is 0 Å². The second-order valence-electron chi connectivity index (χ2n) is 2.54. The minimum Gasteiger partial charge on any atom is -0.471 e. The molecular formula is C11H13NO2. The zero-order valence-electron chi connectivity index (χ0n) is 8.14. The summed E-state index contributed by atoms with van der Waals surface area (Å²) in [6.45, 7) is 3.98. The fourth-order valence-corrected chi connectivity index (χ4v) is 0.964. The molecule has 0 fully saturated rings. The van der Waals surface area contributed by atoms with E-state index in [0.29, 0.717) is 12.5 Å². The van der Waals surface area contributed by atoms with Crippen LogP contribution in [-0.4, -0.2) is 19.6 Å². The molecule has 0 amide bonds. The lowest BCUT2D eigenvalue weighted by Gasteiger charge is -2.05. The fourth-order valence-electron chi connectivity index (χ4n) is 0.964. The molecule has 0 unspecified atom stereocenters. The van der Waals surface area contributed by atoms with Gasteiger partial charge in [0.1, 0.15) is 13.7 Å². The minimum absolute atomic E-state index is 0.414. The Kier molecular flexibility index (Phi) is 4.27. The van der Waals surface area contributed by atoms with Gasteiger partial charge in [0.25, 0.3) is 5.90 Å². The van der Waals surface area contributed by atoms with Gasteiger partial charge in [-0.2, -0.15) is 0 Å². The second kappa shape index (κ2) is 5.80. The molecule has 3 heteroatoms. The number of hydrogen-bond acceptors (Lipinski definition) is 3. The number of benzene rings is 1. The summed E-state index contributed by atoms with van der Waals surface area (Å²) >= 11 is 0. The molecule has 0 saturated heterocycles. The van der Waals surface area contributed by atoms with Crippen molar-refractivity contribution in [2.45, 2.75) is 0 Å². The normalized spacial score (nSPS) is 10.8. The molecule has 0 aliphatic rings. The summed E-state index contributed by atoms with van der Waals surface area (Å²) in [6, 6.07) is 9.57. The van der Waals surface area contributed by atoms with E-state index in [-0.39, 0.29) is 0 Å². The highest BCUT2D eigenvalue weighted by Crippen LogP contribution is 2.02. The number of hydrogen-bond donors (Lipinski definition) is 0. The molecule has 1 aromatic carbocycles. The highest BCUT2D eigenvalue weighted by Gasteiger charge is 2.03. The number of nitrogens with zero attached hydrogens (tertiary/aromatic N) is 1. The minimum atomic E-state index is 0.414. The van der Waals surface area contributed by atoms with Crippen LogP contribution >= 0.6 is 0 Å². The smallest absolute Gasteiger partial charge is 0.257 e. The van der Waals surface area contributed by atoms with Gasteiger partial charge in [-0.05, 0) is 17.3 Å². The van der Waals surface area contributed by atoms with Crippen LogP contribution in [0.5, 0.6) is 0 Å². The van der Waals surface area contributed by atoms with Crippen LogP contribution < -0.4 is 0 Å². The van der Waals surface area contributed by atoms with Crippen LogP contribution in [0.4, 0.5) is 0 Å². The molecule has 0 aliphatic heterocycles. The molecule has 14 heavy (non-hydrogen) atoms. The number of rotatable bonds is 4. The summed E-state index contributed by atoms with van der Waals surface area (Å²) in [7, 11) is 1.49. The van der Waals surface area contributed by atoms with Crippen LogP contribution in [0.3, 0.4) is 0 Å². The maximum atomic E-state index is 5.32. The summed E-state index contributed by atoms with van der Waals surface area (Å²) in [6.07, 6.45) is 1.66. The lowest BCUT2D eigenvalue weighted by Crippen LogP contribution is -2.07. The Bertz CT molecular complexity index is 306. The summed E-state index contributed by atoms with van der Waals surface area (Å²) in [5.74, 6) is 0.466. The van der Waals surface area contributed by atoms with Crippen LogP contribution in [0.25, 0.3) is 0 Å². The predicted molar refractivity (Wildman–Crippen MR) is 56.1 cm³/mol. The van der Waals surface area contributed by atoms with E-state index in [2.05, 4.69) is 16.6 Å². The van der Waals surface area contributed by atoms with E-state index in [0.717, 1.165) is 5.56 Å². The van der Waals surface area contributed by atoms with E-state index >= 15 is 0 Å². The standard InChI is InChI=1S/C11H13NO2/c1-3-9-14-11(12-13-2)10-7-5-4-6-8-10/h3-8H,1,9H2,2H3/b12-11+. The van der Waals surface area contributed by atoms with Gasteiger partial charge in [0, 0.05) is 5.56 Å². The van der Waals surface area contributed by atoms with Crippen molar-refractivity contribution in [2.75, 3.05) is 13.7 Å². The van der Waals surface area contributed by atoms with Gasteiger partial charge < -0.3 is 9.57 Å². The Balaban J connectivity index is 2.78. The maximum absolute atomic E-state index is 5.32. The van der Waals surface area contributed by atoms with Crippen molar-refractivity contribution in [1.82, 2.24) is 0 Å². The SMILES string of the molecule is C=CCO/C(=N/OC)c1ccccc1. The largest absolute Gasteiger partial charge is 0.471 e. The topological polar surface area (TPSA) is 30.8 Å². The van der Waals surface area contributed by atoms with Crippen LogP contribution in [0.2, 0.25) is 0 Å². The van der Waals surface area contributed by atoms with Crippen molar-refractivity contribution in [3.63, 3.8) is 0 Å². The third kappa shape index (κ3) is 2.94. The number of ether oxygens (including phenoxy) is 1. The van der Waals surface area contributed by atoms with E-state index in [4.69, 9.17) is 4.74 Å². The molecule has 1 rings (SSSR count). The maximum Gasteiger partial charge on any atom is 0.257 e. The first-order chi connectivity index (χ1) is 6.88. The quantitative estimate of drug-likeness (QED) is 0.316. The van der Waals surface area contributed by atoms with Crippen LogP contribution in [0.15, 0.2) is 48.1 Å². The molecule has 1 aromatic rings. The molecule has 0 atom stereocenters. The Morgan fingerprint density at radius 2 is 2.14 bits per heavy atom. The van der Waals surface area contributed by atoms with Gasteiger partial charge in [-0.1, -0.05) is 30.9 Å². The molecule has 0 bridgehead atoms. The van der Waals surface area contributed by atoms with E-state index in [1.54, 1.807) is 6.08 Å². The Morgan fingerprint density at radius 1 is 1.43 bits per heavy atom. The molecule has 3 nitrogen and oxygen atoms in total. The third-order valence-corrected chi connectivity index (χ3v) is 1.53. The van der Waals surface area contributed by atoms with Gasteiger partial charge in [-0.15, -0.1) is 0 Å². The van der Waals surface area contributed by atoms with Gasteiger partial charge in [0.15, 0.2) is 0 Å². The summed E-state index contributed by atoms with van der Waals surface area (Å²) in [5.41, 5.74) is 0.885. The van der Waals surface area contributed by atoms with E-state index in [9.17, 15) is 0 Å². The fraction of sp³-hybridized carbons (Fsp3) is 0.182. The lowest BCUT2D eigenvalue weighted by atomic mass is 10.2. The molecule has 0 aliphatic carbocycles. The molecule has 0 saturated carbocycles. The molecule has 74 valence electrons. The van der Waals surface area contributed by atoms with Crippen molar-refractivity contribution in [3.05, 3.63) is 48.6 Å². The van der Waals surface area contributed by atoms with E-state index in [1.807, 2.05) is 30.3 Å². The summed E-state index contributed by atoms with van der Waals surface area (Å²) in [4.78, 5) is 4.68. The first kappa shape index (κ1) is 10.3. The highest BCUT2D eigenvalue weighted by atomic mass is 16.6. The van der Waals surface area contributed by atoms with Crippen molar-refractivity contribution < 1.29 is 9.57 Å². The van der Waals surface area contributed by atoms with Crippen LogP contribution in [-0.2, 0) is 9.57 Å². The average molecular weight is 191 g/mol. The molecule has 0 heterocycles. The first-order valence-electron chi connectivity index (χ1n) is 4.28. The Hall–Kier alpha value is -1.77. The van der Waals surface area contributed by atoms with Gasteiger partial charge in [0.05, 0.1) is 0 Å². The van der Waals surface area contributed by atoms with Crippen molar-refractivity contribution >= 4 is 5.90 Å². The average Bonchev–Trinajstić information content (AvgIpc) is 2.25. The van der Waals surface area contributed by atoms with Crippen LogP contribution in [0.1, 0.15) is 5.56 Å². The molecule has 0 aromatic heterocycles. The molecule has 0 spiro atoms. The molecular weight excluding hydrogens is 178 g/mol. The molecule has 0 radical (unpaired) electrons. The molecule has 0 N–H and O–H groups in total. The Morgan fingerprint density at radius 3 is 2.71 bits per heavy atom. The highest BCUT2D eigenvalue weighted by molar-refractivity contribution is 5.93. The van der Waals surface area contributed by atoms with Gasteiger partial charge in [0.2, 0.25) is 0 Å². The van der Waals surface area contributed by atoms with Gasteiger partial charge >= 0.3 is 0 Å². The third-order valence-electron chi connectivity index (χ3n) is 1.53. The summed E-state index contributed by atoms with van der Waals surface area (Å²) < 4.78 is 5.32. The van der Waals surface area contributed by atoms with Crippen LogP contribution in [0, 0.1) is 0 Å². The lowest BCUT2D eigenvalue weighted by molar-refractivity contribution is 0.196. The first-order valence-corrected chi connectivity index (χ1v) is 4.28. The number of oxime groups is 1.